The largest absolute Gasteiger partial charge is 0.332 e. The molecule has 2 N–H and O–H groups in total. The zero-order valence-corrected chi connectivity index (χ0v) is 11.6. The van der Waals surface area contributed by atoms with E-state index in [1.165, 1.54) is 11.1 Å². The second kappa shape index (κ2) is 4.78. The predicted octanol–water partition coefficient (Wildman–Crippen LogP) is 1.48. The van der Waals surface area contributed by atoms with Gasteiger partial charge in [-0.1, -0.05) is 5.16 Å². The SMILES string of the molecule is Cc1ncc2c(c1-c1noc(-c3ccn[nH]3)n1)CCNC2. The van der Waals surface area contributed by atoms with Crippen LogP contribution in [0.1, 0.15) is 16.8 Å². The molecule has 7 heteroatoms. The number of H-pyrrole nitrogens is 1. The molecule has 0 fully saturated rings. The maximum absolute atomic E-state index is 5.33. The van der Waals surface area contributed by atoms with Crippen molar-refractivity contribution in [1.29, 1.82) is 0 Å². The summed E-state index contributed by atoms with van der Waals surface area (Å²) in [6.07, 6.45) is 4.53. The summed E-state index contributed by atoms with van der Waals surface area (Å²) in [5, 5.41) is 14.2. The van der Waals surface area contributed by atoms with Crippen molar-refractivity contribution in [2.45, 2.75) is 19.9 Å². The molecule has 3 aromatic rings. The van der Waals surface area contributed by atoms with Crippen LogP contribution in [0.5, 0.6) is 0 Å². The lowest BCUT2D eigenvalue weighted by Crippen LogP contribution is -2.24. The van der Waals surface area contributed by atoms with Crippen LogP contribution >= 0.6 is 0 Å². The molecule has 0 spiro atoms. The first kappa shape index (κ1) is 12.2. The average molecular weight is 282 g/mol. The second-order valence-electron chi connectivity index (χ2n) is 5.04. The standard InChI is InChI=1S/C14H14N6O/c1-8-12(10-2-4-15-6-9(10)7-16-8)13-18-14(21-20-13)11-3-5-17-19-11/h3,5,7,15H,2,4,6H2,1H3,(H,17,19). The maximum atomic E-state index is 5.33. The molecular weight excluding hydrogens is 268 g/mol. The topological polar surface area (TPSA) is 92.5 Å². The summed E-state index contributed by atoms with van der Waals surface area (Å²) in [5.41, 5.74) is 5.09. The van der Waals surface area contributed by atoms with Crippen LogP contribution in [0.4, 0.5) is 0 Å². The Morgan fingerprint density at radius 2 is 2.29 bits per heavy atom. The molecule has 4 rings (SSSR count). The van der Waals surface area contributed by atoms with Crippen molar-refractivity contribution in [3.8, 4) is 23.0 Å². The van der Waals surface area contributed by atoms with Gasteiger partial charge in [0.25, 0.3) is 5.89 Å². The van der Waals surface area contributed by atoms with Gasteiger partial charge in [0.1, 0.15) is 5.69 Å². The zero-order valence-electron chi connectivity index (χ0n) is 11.6. The van der Waals surface area contributed by atoms with Crippen molar-refractivity contribution >= 4 is 0 Å². The van der Waals surface area contributed by atoms with E-state index in [0.717, 1.165) is 30.8 Å². The minimum absolute atomic E-state index is 0.438. The molecule has 0 saturated carbocycles. The van der Waals surface area contributed by atoms with E-state index in [0.29, 0.717) is 17.4 Å². The van der Waals surface area contributed by atoms with E-state index in [1.807, 2.05) is 13.1 Å². The summed E-state index contributed by atoms with van der Waals surface area (Å²) in [6, 6.07) is 1.80. The normalized spacial score (nSPS) is 14.1. The molecule has 0 bridgehead atoms. The van der Waals surface area contributed by atoms with Gasteiger partial charge in [0.15, 0.2) is 0 Å². The van der Waals surface area contributed by atoms with E-state index >= 15 is 0 Å². The molecular formula is C14H14N6O. The van der Waals surface area contributed by atoms with Crippen LogP contribution in [-0.4, -0.2) is 31.9 Å². The number of aryl methyl sites for hydroxylation is 1. The highest BCUT2D eigenvalue weighted by Crippen LogP contribution is 2.29. The number of nitrogens with one attached hydrogen (secondary N) is 2. The Bertz CT molecular complexity index is 777. The number of hydrogen-bond donors (Lipinski definition) is 2. The minimum Gasteiger partial charge on any atom is -0.332 e. The van der Waals surface area contributed by atoms with Crippen molar-refractivity contribution in [3.05, 3.63) is 35.3 Å². The van der Waals surface area contributed by atoms with Gasteiger partial charge in [0.05, 0.1) is 0 Å². The van der Waals surface area contributed by atoms with E-state index < -0.39 is 0 Å². The Morgan fingerprint density at radius 3 is 3.14 bits per heavy atom. The number of fused-ring (bicyclic) bond motifs is 1. The minimum atomic E-state index is 0.438. The first-order valence-electron chi connectivity index (χ1n) is 6.85. The molecule has 106 valence electrons. The summed E-state index contributed by atoms with van der Waals surface area (Å²) in [4.78, 5) is 8.94. The fourth-order valence-corrected chi connectivity index (χ4v) is 2.68. The highest BCUT2D eigenvalue weighted by Gasteiger charge is 2.21. The third-order valence-electron chi connectivity index (χ3n) is 3.71. The van der Waals surface area contributed by atoms with Gasteiger partial charge in [-0.25, -0.2) is 0 Å². The second-order valence-corrected chi connectivity index (χ2v) is 5.04. The average Bonchev–Trinajstić information content (AvgIpc) is 3.18. The molecule has 1 aliphatic rings. The fourth-order valence-electron chi connectivity index (χ4n) is 2.68. The smallest absolute Gasteiger partial charge is 0.276 e. The summed E-state index contributed by atoms with van der Waals surface area (Å²) in [5.74, 6) is 1.02. The number of hydrogen-bond acceptors (Lipinski definition) is 6. The molecule has 21 heavy (non-hydrogen) atoms. The van der Waals surface area contributed by atoms with Crippen molar-refractivity contribution in [2.24, 2.45) is 0 Å². The van der Waals surface area contributed by atoms with Crippen LogP contribution in [0.3, 0.4) is 0 Å². The van der Waals surface area contributed by atoms with Crippen molar-refractivity contribution in [1.82, 2.24) is 30.6 Å². The van der Waals surface area contributed by atoms with E-state index in [4.69, 9.17) is 4.52 Å². The van der Waals surface area contributed by atoms with Gasteiger partial charge in [-0.15, -0.1) is 0 Å². The van der Waals surface area contributed by atoms with Gasteiger partial charge in [-0.05, 0) is 37.1 Å². The van der Waals surface area contributed by atoms with Crippen molar-refractivity contribution in [2.75, 3.05) is 6.54 Å². The van der Waals surface area contributed by atoms with Crippen LogP contribution < -0.4 is 5.32 Å². The van der Waals surface area contributed by atoms with Crippen LogP contribution in [0.2, 0.25) is 0 Å². The van der Waals surface area contributed by atoms with E-state index in [9.17, 15) is 0 Å². The summed E-state index contributed by atoms with van der Waals surface area (Å²) < 4.78 is 5.33. The predicted molar refractivity (Wildman–Crippen MR) is 75.3 cm³/mol. The van der Waals surface area contributed by atoms with Gasteiger partial charge in [-0.2, -0.15) is 10.1 Å². The maximum Gasteiger partial charge on any atom is 0.276 e. The number of nitrogens with zero attached hydrogens (tertiary/aromatic N) is 4. The lowest BCUT2D eigenvalue weighted by atomic mass is 9.95. The van der Waals surface area contributed by atoms with Gasteiger partial charge in [0, 0.05) is 30.2 Å². The molecule has 0 saturated heterocycles. The molecule has 1 aliphatic heterocycles. The Morgan fingerprint density at radius 1 is 1.33 bits per heavy atom. The quantitative estimate of drug-likeness (QED) is 0.739. The third kappa shape index (κ3) is 2.02. The molecule has 0 aromatic carbocycles. The summed E-state index contributed by atoms with van der Waals surface area (Å²) >= 11 is 0. The lowest BCUT2D eigenvalue weighted by Gasteiger charge is -2.19. The van der Waals surface area contributed by atoms with Crippen molar-refractivity contribution < 1.29 is 4.52 Å². The number of aromatic nitrogens is 5. The third-order valence-corrected chi connectivity index (χ3v) is 3.71. The Kier molecular flexibility index (Phi) is 2.78. The van der Waals surface area contributed by atoms with Gasteiger partial charge in [-0.3, -0.25) is 10.1 Å². The molecule has 0 atom stereocenters. The first-order valence-corrected chi connectivity index (χ1v) is 6.85. The van der Waals surface area contributed by atoms with Crippen LogP contribution in [-0.2, 0) is 13.0 Å². The lowest BCUT2D eigenvalue weighted by molar-refractivity contribution is 0.430. The number of pyridine rings is 1. The Hall–Kier alpha value is -2.54. The monoisotopic (exact) mass is 282 g/mol. The summed E-state index contributed by atoms with van der Waals surface area (Å²) in [7, 11) is 0. The Balaban J connectivity index is 1.83. The van der Waals surface area contributed by atoms with Crippen LogP contribution in [0, 0.1) is 6.92 Å². The first-order chi connectivity index (χ1) is 10.3. The van der Waals surface area contributed by atoms with Crippen molar-refractivity contribution in [3.63, 3.8) is 0 Å². The molecule has 7 nitrogen and oxygen atoms in total. The number of aromatic amines is 1. The van der Waals surface area contributed by atoms with Crippen LogP contribution in [0.25, 0.3) is 23.0 Å². The molecule has 0 aliphatic carbocycles. The highest BCUT2D eigenvalue weighted by molar-refractivity contribution is 5.66. The zero-order chi connectivity index (χ0) is 14.2. The van der Waals surface area contributed by atoms with E-state index in [1.54, 1.807) is 12.3 Å². The molecule has 4 heterocycles. The summed E-state index contributed by atoms with van der Waals surface area (Å²) in [6.45, 7) is 3.76. The molecule has 0 amide bonds. The number of rotatable bonds is 2. The van der Waals surface area contributed by atoms with E-state index in [2.05, 4.69) is 30.6 Å². The van der Waals surface area contributed by atoms with Gasteiger partial charge < -0.3 is 9.84 Å². The highest BCUT2D eigenvalue weighted by atomic mass is 16.5. The van der Waals surface area contributed by atoms with Gasteiger partial charge >= 0.3 is 0 Å². The fraction of sp³-hybridized carbons (Fsp3) is 0.286. The Labute approximate surface area is 120 Å². The van der Waals surface area contributed by atoms with E-state index in [-0.39, 0.29) is 0 Å². The molecule has 0 radical (unpaired) electrons. The van der Waals surface area contributed by atoms with Crippen LogP contribution in [0.15, 0.2) is 23.0 Å². The molecule has 3 aromatic heterocycles. The van der Waals surface area contributed by atoms with Gasteiger partial charge in [0.2, 0.25) is 5.82 Å². The molecule has 0 unspecified atom stereocenters.